The van der Waals surface area contributed by atoms with Gasteiger partial charge in [-0.1, -0.05) is 11.6 Å². The van der Waals surface area contributed by atoms with Gasteiger partial charge in [-0.15, -0.1) is 0 Å². The predicted molar refractivity (Wildman–Crippen MR) is 78.5 cm³/mol. The summed E-state index contributed by atoms with van der Waals surface area (Å²) < 4.78 is 18.3. The normalized spacial score (nSPS) is 15.6. The van der Waals surface area contributed by atoms with E-state index in [-0.39, 0.29) is 29.9 Å². The van der Waals surface area contributed by atoms with Crippen molar-refractivity contribution in [2.45, 2.75) is 19.3 Å². The zero-order chi connectivity index (χ0) is 16.1. The van der Waals surface area contributed by atoms with Gasteiger partial charge in [0.1, 0.15) is 11.6 Å². The van der Waals surface area contributed by atoms with Crippen molar-refractivity contribution in [3.05, 3.63) is 29.0 Å². The smallest absolute Gasteiger partial charge is 0.306 e. The Bertz CT molecular complexity index is 558. The first kappa shape index (κ1) is 16.5. The number of ether oxygens (including phenoxy) is 1. The van der Waals surface area contributed by atoms with Gasteiger partial charge in [0.2, 0.25) is 5.91 Å². The Hall–Kier alpha value is -1.82. The van der Waals surface area contributed by atoms with E-state index in [1.54, 1.807) is 4.90 Å². The van der Waals surface area contributed by atoms with Crippen LogP contribution < -0.4 is 4.74 Å². The Morgan fingerprint density at radius 2 is 2.05 bits per heavy atom. The number of piperidine rings is 1. The molecule has 1 aliphatic rings. The molecule has 0 aliphatic carbocycles. The van der Waals surface area contributed by atoms with Crippen molar-refractivity contribution < 1.29 is 23.8 Å². The van der Waals surface area contributed by atoms with Gasteiger partial charge in [-0.2, -0.15) is 0 Å². The first-order valence-corrected chi connectivity index (χ1v) is 7.43. The van der Waals surface area contributed by atoms with Crippen LogP contribution in [0.15, 0.2) is 18.2 Å². The molecule has 1 N–H and O–H groups in total. The molecular formula is C15H17ClFNO4. The van der Waals surface area contributed by atoms with E-state index in [1.807, 2.05) is 0 Å². The van der Waals surface area contributed by atoms with Crippen molar-refractivity contribution in [2.75, 3.05) is 19.7 Å². The van der Waals surface area contributed by atoms with Gasteiger partial charge in [0.05, 0.1) is 24.0 Å². The number of amides is 1. The van der Waals surface area contributed by atoms with Gasteiger partial charge in [-0.05, 0) is 31.0 Å². The summed E-state index contributed by atoms with van der Waals surface area (Å²) in [6.07, 6.45) is 1.13. The van der Waals surface area contributed by atoms with Crippen LogP contribution >= 0.6 is 11.6 Å². The molecule has 0 atom stereocenters. The van der Waals surface area contributed by atoms with E-state index >= 15 is 0 Å². The molecule has 22 heavy (non-hydrogen) atoms. The number of benzene rings is 1. The van der Waals surface area contributed by atoms with Crippen LogP contribution in [0.25, 0.3) is 0 Å². The van der Waals surface area contributed by atoms with E-state index in [1.165, 1.54) is 12.1 Å². The highest BCUT2D eigenvalue weighted by molar-refractivity contribution is 6.32. The lowest BCUT2D eigenvalue weighted by Gasteiger charge is -2.30. The molecule has 1 amide bonds. The largest absolute Gasteiger partial charge is 0.491 e. The monoisotopic (exact) mass is 329 g/mol. The van der Waals surface area contributed by atoms with Gasteiger partial charge in [0.15, 0.2) is 0 Å². The third kappa shape index (κ3) is 4.34. The molecule has 0 aromatic heterocycles. The molecule has 0 bridgehead atoms. The minimum atomic E-state index is -0.804. The number of carboxylic acids is 1. The Labute approximate surface area is 132 Å². The highest BCUT2D eigenvalue weighted by Gasteiger charge is 2.26. The van der Waals surface area contributed by atoms with E-state index in [0.29, 0.717) is 31.7 Å². The lowest BCUT2D eigenvalue weighted by Crippen LogP contribution is -2.40. The molecule has 0 spiro atoms. The number of halogens is 2. The molecule has 1 heterocycles. The van der Waals surface area contributed by atoms with Crippen molar-refractivity contribution in [1.82, 2.24) is 4.90 Å². The first-order chi connectivity index (χ1) is 10.5. The summed E-state index contributed by atoms with van der Waals surface area (Å²) in [6.45, 7) is 1.04. The summed E-state index contributed by atoms with van der Waals surface area (Å²) >= 11 is 5.82. The van der Waals surface area contributed by atoms with Crippen molar-refractivity contribution >= 4 is 23.5 Å². The zero-order valence-electron chi connectivity index (χ0n) is 11.9. The van der Waals surface area contributed by atoms with Crippen molar-refractivity contribution in [1.29, 1.82) is 0 Å². The maximum absolute atomic E-state index is 12.9. The molecule has 2 rings (SSSR count). The van der Waals surface area contributed by atoms with Gasteiger partial charge in [0.25, 0.3) is 0 Å². The molecule has 1 aromatic carbocycles. The molecule has 120 valence electrons. The number of carbonyl (C=O) groups is 2. The lowest BCUT2D eigenvalue weighted by atomic mass is 9.97. The van der Waals surface area contributed by atoms with Crippen LogP contribution in [0.1, 0.15) is 19.3 Å². The summed E-state index contributed by atoms with van der Waals surface area (Å²) in [5.74, 6) is -1.36. The van der Waals surface area contributed by atoms with Gasteiger partial charge < -0.3 is 14.7 Å². The Balaban J connectivity index is 1.75. The molecule has 1 fully saturated rings. The number of carbonyl (C=O) groups excluding carboxylic acids is 1. The molecule has 5 nitrogen and oxygen atoms in total. The third-order valence-electron chi connectivity index (χ3n) is 3.66. The van der Waals surface area contributed by atoms with Crippen LogP contribution in [0, 0.1) is 11.7 Å². The predicted octanol–water partition coefficient (Wildman–Crippen LogP) is 2.57. The van der Waals surface area contributed by atoms with Gasteiger partial charge in [-0.3, -0.25) is 9.59 Å². The number of rotatable bonds is 5. The quantitative estimate of drug-likeness (QED) is 0.901. The number of nitrogens with zero attached hydrogens (tertiary/aromatic N) is 1. The highest BCUT2D eigenvalue weighted by Crippen LogP contribution is 2.25. The second-order valence-corrected chi connectivity index (χ2v) is 5.57. The molecular weight excluding hydrogens is 313 g/mol. The Morgan fingerprint density at radius 1 is 1.36 bits per heavy atom. The van der Waals surface area contributed by atoms with Gasteiger partial charge in [-0.25, -0.2) is 4.39 Å². The summed E-state index contributed by atoms with van der Waals surface area (Å²) in [7, 11) is 0. The molecule has 7 heteroatoms. The van der Waals surface area contributed by atoms with Crippen molar-refractivity contribution in [2.24, 2.45) is 5.92 Å². The van der Waals surface area contributed by atoms with E-state index in [9.17, 15) is 14.0 Å². The maximum atomic E-state index is 12.9. The number of aliphatic carboxylic acids is 1. The van der Waals surface area contributed by atoms with E-state index in [2.05, 4.69) is 0 Å². The summed E-state index contributed by atoms with van der Waals surface area (Å²) in [5, 5.41) is 9.08. The molecule has 1 aliphatic heterocycles. The second kappa shape index (κ2) is 7.45. The molecule has 1 aromatic rings. The average molecular weight is 330 g/mol. The van der Waals surface area contributed by atoms with Crippen LogP contribution in [0.5, 0.6) is 5.75 Å². The average Bonchev–Trinajstić information content (AvgIpc) is 2.49. The fourth-order valence-corrected chi connectivity index (χ4v) is 2.60. The molecule has 0 unspecified atom stereocenters. The van der Waals surface area contributed by atoms with Crippen LogP contribution in [0.3, 0.4) is 0 Å². The van der Waals surface area contributed by atoms with E-state index < -0.39 is 11.8 Å². The summed E-state index contributed by atoms with van der Waals surface area (Å²) in [6, 6.07) is 3.80. The summed E-state index contributed by atoms with van der Waals surface area (Å²) in [4.78, 5) is 24.5. The number of carboxylic acid groups (broad SMARTS) is 1. The Kier molecular flexibility index (Phi) is 5.60. The number of hydrogen-bond acceptors (Lipinski definition) is 3. The third-order valence-corrected chi connectivity index (χ3v) is 3.96. The minimum absolute atomic E-state index is 0.0814. The molecule has 0 saturated carbocycles. The topological polar surface area (TPSA) is 66.8 Å². The fourth-order valence-electron chi connectivity index (χ4n) is 2.37. The Morgan fingerprint density at radius 3 is 2.64 bits per heavy atom. The first-order valence-electron chi connectivity index (χ1n) is 7.06. The fraction of sp³-hybridized carbons (Fsp3) is 0.467. The number of likely N-dealkylation sites (tertiary alicyclic amines) is 1. The van der Waals surface area contributed by atoms with Crippen molar-refractivity contribution in [3.63, 3.8) is 0 Å². The number of hydrogen-bond donors (Lipinski definition) is 1. The minimum Gasteiger partial charge on any atom is -0.491 e. The highest BCUT2D eigenvalue weighted by atomic mass is 35.5. The molecule has 0 radical (unpaired) electrons. The van der Waals surface area contributed by atoms with Crippen LogP contribution in [-0.4, -0.2) is 41.6 Å². The SMILES string of the molecule is O=C(O)C1CCN(C(=O)CCOc2ccc(F)cc2Cl)CC1. The molecule has 1 saturated heterocycles. The van der Waals surface area contributed by atoms with E-state index in [0.717, 1.165) is 6.07 Å². The van der Waals surface area contributed by atoms with Gasteiger partial charge >= 0.3 is 5.97 Å². The maximum Gasteiger partial charge on any atom is 0.306 e. The van der Waals surface area contributed by atoms with E-state index in [4.69, 9.17) is 21.4 Å². The van der Waals surface area contributed by atoms with Crippen molar-refractivity contribution in [3.8, 4) is 5.75 Å². The van der Waals surface area contributed by atoms with Crippen LogP contribution in [0.2, 0.25) is 5.02 Å². The van der Waals surface area contributed by atoms with Gasteiger partial charge in [0, 0.05) is 13.1 Å². The zero-order valence-corrected chi connectivity index (χ0v) is 12.7. The van der Waals surface area contributed by atoms with Crippen LogP contribution in [0.4, 0.5) is 4.39 Å². The lowest BCUT2D eigenvalue weighted by molar-refractivity contribution is -0.145. The summed E-state index contributed by atoms with van der Waals surface area (Å²) in [5.41, 5.74) is 0. The van der Waals surface area contributed by atoms with Crippen LogP contribution in [-0.2, 0) is 9.59 Å². The second-order valence-electron chi connectivity index (χ2n) is 5.17. The standard InChI is InChI=1S/C15H17ClFNO4/c16-12-9-11(17)1-2-13(12)22-8-5-14(19)18-6-3-10(4-7-18)15(20)21/h1-2,9-10H,3-8H2,(H,20,21).